The SMILES string of the molecule is CCCCNCc1ccc(C(=O)OCC)cc1. The van der Waals surface area contributed by atoms with Crippen molar-refractivity contribution in [1.82, 2.24) is 5.32 Å². The fourth-order valence-electron chi connectivity index (χ4n) is 1.51. The molecule has 0 saturated carbocycles. The molecule has 0 aliphatic rings. The predicted molar refractivity (Wildman–Crippen MR) is 69.0 cm³/mol. The van der Waals surface area contributed by atoms with Crippen molar-refractivity contribution in [3.8, 4) is 0 Å². The molecule has 0 unspecified atom stereocenters. The minimum absolute atomic E-state index is 0.252. The highest BCUT2D eigenvalue weighted by Gasteiger charge is 2.04. The van der Waals surface area contributed by atoms with Gasteiger partial charge in [0.05, 0.1) is 12.2 Å². The Morgan fingerprint density at radius 3 is 2.53 bits per heavy atom. The van der Waals surface area contributed by atoms with Crippen LogP contribution in [0.3, 0.4) is 0 Å². The number of esters is 1. The summed E-state index contributed by atoms with van der Waals surface area (Å²) in [6, 6.07) is 7.56. The first-order chi connectivity index (χ1) is 8.27. The number of rotatable bonds is 7. The molecule has 0 aliphatic carbocycles. The molecule has 0 heterocycles. The molecule has 1 aromatic carbocycles. The lowest BCUT2D eigenvalue weighted by Gasteiger charge is -2.05. The Labute approximate surface area is 103 Å². The summed E-state index contributed by atoms with van der Waals surface area (Å²) < 4.78 is 4.93. The van der Waals surface area contributed by atoms with E-state index in [9.17, 15) is 4.79 Å². The summed E-state index contributed by atoms with van der Waals surface area (Å²) in [4.78, 5) is 11.4. The fraction of sp³-hybridized carbons (Fsp3) is 0.500. The first-order valence-electron chi connectivity index (χ1n) is 6.24. The molecule has 0 amide bonds. The Kier molecular flexibility index (Phi) is 6.33. The second kappa shape index (κ2) is 7.85. The zero-order chi connectivity index (χ0) is 12.5. The van der Waals surface area contributed by atoms with E-state index in [0.717, 1.165) is 13.1 Å². The molecule has 0 aromatic heterocycles. The van der Waals surface area contributed by atoms with E-state index >= 15 is 0 Å². The normalized spacial score (nSPS) is 10.2. The topological polar surface area (TPSA) is 38.3 Å². The van der Waals surface area contributed by atoms with Crippen molar-refractivity contribution >= 4 is 5.97 Å². The van der Waals surface area contributed by atoms with Crippen molar-refractivity contribution in [1.29, 1.82) is 0 Å². The zero-order valence-electron chi connectivity index (χ0n) is 10.7. The molecule has 0 radical (unpaired) electrons. The van der Waals surface area contributed by atoms with Crippen LogP contribution in [0, 0.1) is 0 Å². The van der Waals surface area contributed by atoms with Gasteiger partial charge in [-0.25, -0.2) is 4.79 Å². The number of unbranched alkanes of at least 4 members (excludes halogenated alkanes) is 1. The highest BCUT2D eigenvalue weighted by Crippen LogP contribution is 2.06. The van der Waals surface area contributed by atoms with E-state index in [2.05, 4.69) is 12.2 Å². The number of benzene rings is 1. The Morgan fingerprint density at radius 2 is 1.94 bits per heavy atom. The summed E-state index contributed by atoms with van der Waals surface area (Å²) in [6.07, 6.45) is 2.40. The van der Waals surface area contributed by atoms with Crippen molar-refractivity contribution in [3.05, 3.63) is 35.4 Å². The maximum Gasteiger partial charge on any atom is 0.338 e. The molecule has 94 valence electrons. The number of nitrogens with one attached hydrogen (secondary N) is 1. The summed E-state index contributed by atoms with van der Waals surface area (Å²) in [5.41, 5.74) is 1.80. The van der Waals surface area contributed by atoms with Crippen LogP contribution in [0.5, 0.6) is 0 Å². The fourth-order valence-corrected chi connectivity index (χ4v) is 1.51. The van der Waals surface area contributed by atoms with Gasteiger partial charge in [0, 0.05) is 6.54 Å². The third-order valence-electron chi connectivity index (χ3n) is 2.50. The van der Waals surface area contributed by atoms with Crippen molar-refractivity contribution in [2.75, 3.05) is 13.2 Å². The predicted octanol–water partition coefficient (Wildman–Crippen LogP) is 2.75. The number of carbonyl (C=O) groups is 1. The highest BCUT2D eigenvalue weighted by molar-refractivity contribution is 5.89. The number of carbonyl (C=O) groups excluding carboxylic acids is 1. The molecule has 1 aromatic rings. The van der Waals surface area contributed by atoms with E-state index in [4.69, 9.17) is 4.74 Å². The quantitative estimate of drug-likeness (QED) is 0.583. The second-order valence-corrected chi connectivity index (χ2v) is 3.95. The van der Waals surface area contributed by atoms with Gasteiger partial charge >= 0.3 is 5.97 Å². The summed E-state index contributed by atoms with van der Waals surface area (Å²) >= 11 is 0. The van der Waals surface area contributed by atoms with Crippen LogP contribution in [-0.4, -0.2) is 19.1 Å². The third kappa shape index (κ3) is 5.00. The summed E-state index contributed by atoms with van der Waals surface area (Å²) in [5.74, 6) is -0.252. The number of ether oxygens (including phenoxy) is 1. The molecular formula is C14H21NO2. The van der Waals surface area contributed by atoms with Gasteiger partial charge < -0.3 is 10.1 Å². The van der Waals surface area contributed by atoms with Gasteiger partial charge in [0.1, 0.15) is 0 Å². The first kappa shape index (κ1) is 13.7. The van der Waals surface area contributed by atoms with Gasteiger partial charge in [-0.05, 0) is 37.6 Å². The molecule has 0 spiro atoms. The Balaban J connectivity index is 2.42. The van der Waals surface area contributed by atoms with E-state index in [1.807, 2.05) is 31.2 Å². The molecule has 3 heteroatoms. The summed E-state index contributed by atoms with van der Waals surface area (Å²) in [7, 11) is 0. The summed E-state index contributed by atoms with van der Waals surface area (Å²) in [5, 5.41) is 3.36. The molecule has 1 rings (SSSR count). The Bertz CT molecular complexity index is 333. The van der Waals surface area contributed by atoms with Crippen LogP contribution < -0.4 is 5.32 Å². The van der Waals surface area contributed by atoms with Crippen LogP contribution in [0.1, 0.15) is 42.6 Å². The largest absolute Gasteiger partial charge is 0.462 e. The lowest BCUT2D eigenvalue weighted by Crippen LogP contribution is -2.14. The standard InChI is InChI=1S/C14H21NO2/c1-3-5-10-15-11-12-6-8-13(9-7-12)14(16)17-4-2/h6-9,15H,3-5,10-11H2,1-2H3. The maximum absolute atomic E-state index is 11.4. The van der Waals surface area contributed by atoms with Crippen LogP contribution in [0.25, 0.3) is 0 Å². The van der Waals surface area contributed by atoms with Crippen LogP contribution in [0.2, 0.25) is 0 Å². The molecule has 0 atom stereocenters. The average molecular weight is 235 g/mol. The minimum atomic E-state index is -0.252. The van der Waals surface area contributed by atoms with Crippen molar-refractivity contribution in [2.45, 2.75) is 33.2 Å². The molecule has 0 saturated heterocycles. The van der Waals surface area contributed by atoms with Gasteiger partial charge in [-0.15, -0.1) is 0 Å². The van der Waals surface area contributed by atoms with Gasteiger partial charge in [0.15, 0.2) is 0 Å². The molecular weight excluding hydrogens is 214 g/mol. The maximum atomic E-state index is 11.4. The Morgan fingerprint density at radius 1 is 1.24 bits per heavy atom. The van der Waals surface area contributed by atoms with Crippen molar-refractivity contribution in [2.24, 2.45) is 0 Å². The van der Waals surface area contributed by atoms with Crippen molar-refractivity contribution in [3.63, 3.8) is 0 Å². The first-order valence-corrected chi connectivity index (χ1v) is 6.24. The number of hydrogen-bond acceptors (Lipinski definition) is 3. The van der Waals surface area contributed by atoms with Gasteiger partial charge in [-0.3, -0.25) is 0 Å². The molecule has 1 N–H and O–H groups in total. The van der Waals surface area contributed by atoms with E-state index in [-0.39, 0.29) is 5.97 Å². The van der Waals surface area contributed by atoms with E-state index in [0.29, 0.717) is 12.2 Å². The van der Waals surface area contributed by atoms with E-state index < -0.39 is 0 Å². The molecule has 3 nitrogen and oxygen atoms in total. The molecule has 0 fully saturated rings. The van der Waals surface area contributed by atoms with Gasteiger partial charge in [0.25, 0.3) is 0 Å². The van der Waals surface area contributed by atoms with Gasteiger partial charge in [-0.1, -0.05) is 25.5 Å². The second-order valence-electron chi connectivity index (χ2n) is 3.95. The van der Waals surface area contributed by atoms with Crippen LogP contribution in [-0.2, 0) is 11.3 Å². The van der Waals surface area contributed by atoms with E-state index in [1.54, 1.807) is 0 Å². The van der Waals surface area contributed by atoms with Crippen molar-refractivity contribution < 1.29 is 9.53 Å². The summed E-state index contributed by atoms with van der Waals surface area (Å²) in [6.45, 7) is 6.29. The van der Waals surface area contributed by atoms with Crippen LogP contribution >= 0.6 is 0 Å². The third-order valence-corrected chi connectivity index (χ3v) is 2.50. The molecule has 17 heavy (non-hydrogen) atoms. The van der Waals surface area contributed by atoms with E-state index in [1.165, 1.54) is 18.4 Å². The van der Waals surface area contributed by atoms with Crippen LogP contribution in [0.4, 0.5) is 0 Å². The van der Waals surface area contributed by atoms with Gasteiger partial charge in [0.2, 0.25) is 0 Å². The lowest BCUT2D eigenvalue weighted by atomic mass is 10.1. The molecule has 0 bridgehead atoms. The average Bonchev–Trinajstić information content (AvgIpc) is 2.36. The smallest absolute Gasteiger partial charge is 0.338 e. The molecule has 0 aliphatic heterocycles. The Hall–Kier alpha value is -1.35. The minimum Gasteiger partial charge on any atom is -0.462 e. The highest BCUT2D eigenvalue weighted by atomic mass is 16.5. The van der Waals surface area contributed by atoms with Crippen LogP contribution in [0.15, 0.2) is 24.3 Å². The number of hydrogen-bond donors (Lipinski definition) is 1. The lowest BCUT2D eigenvalue weighted by molar-refractivity contribution is 0.0526. The zero-order valence-corrected chi connectivity index (χ0v) is 10.7. The monoisotopic (exact) mass is 235 g/mol. The van der Waals surface area contributed by atoms with Gasteiger partial charge in [-0.2, -0.15) is 0 Å².